The van der Waals surface area contributed by atoms with Gasteiger partial charge < -0.3 is 4.90 Å². The Hall–Kier alpha value is -4.24. The lowest BCUT2D eigenvalue weighted by atomic mass is 10.0. The topological polar surface area (TPSA) is 81.5 Å². The average Bonchev–Trinajstić information content (AvgIpc) is 2.96. The van der Waals surface area contributed by atoms with Crippen LogP contribution < -0.4 is 4.90 Å². The minimum absolute atomic E-state index is 0.257. The van der Waals surface area contributed by atoms with E-state index in [0.29, 0.717) is 28.9 Å². The highest BCUT2D eigenvalue weighted by atomic mass is 16.2. The van der Waals surface area contributed by atoms with Crippen molar-refractivity contribution in [1.82, 2.24) is 4.90 Å². The summed E-state index contributed by atoms with van der Waals surface area (Å²) in [6.45, 7) is 0.320. The van der Waals surface area contributed by atoms with E-state index in [-0.39, 0.29) is 12.3 Å². The zero-order valence-corrected chi connectivity index (χ0v) is 16.5. The molecule has 2 aliphatic heterocycles. The van der Waals surface area contributed by atoms with Crippen molar-refractivity contribution in [3.05, 3.63) is 101 Å². The van der Waals surface area contributed by atoms with Crippen LogP contribution in [0.25, 0.3) is 0 Å². The van der Waals surface area contributed by atoms with Gasteiger partial charge in [0.2, 0.25) is 0 Å². The first-order valence-corrected chi connectivity index (χ1v) is 9.93. The third-order valence-corrected chi connectivity index (χ3v) is 5.86. The molecule has 3 aromatic rings. The summed E-state index contributed by atoms with van der Waals surface area (Å²) >= 11 is 0. The van der Waals surface area contributed by atoms with Crippen LogP contribution in [0.1, 0.15) is 37.4 Å². The smallest absolute Gasteiger partial charge is 0.262 e. The number of benzene rings is 3. The van der Waals surface area contributed by atoms with Crippen LogP contribution in [-0.2, 0) is 17.8 Å². The molecule has 0 aromatic heterocycles. The molecule has 0 N–H and O–H groups in total. The monoisotopic (exact) mass is 407 g/mol. The van der Waals surface area contributed by atoms with Gasteiger partial charge in [0.15, 0.2) is 0 Å². The predicted molar refractivity (Wildman–Crippen MR) is 113 cm³/mol. The van der Waals surface area contributed by atoms with Gasteiger partial charge in [0, 0.05) is 12.1 Å². The van der Waals surface area contributed by atoms with Crippen LogP contribution in [0.3, 0.4) is 0 Å². The van der Waals surface area contributed by atoms with E-state index in [1.807, 2.05) is 24.3 Å². The first-order chi connectivity index (χ1) is 15.1. The number of carbonyl (C=O) groups excluding carboxylic acids is 3. The van der Waals surface area contributed by atoms with Gasteiger partial charge >= 0.3 is 0 Å². The molecule has 0 saturated carbocycles. The number of carbonyl (C=O) groups is 3. The van der Waals surface area contributed by atoms with Gasteiger partial charge in [-0.05, 0) is 47.5 Å². The maximum Gasteiger partial charge on any atom is 0.262 e. The predicted octanol–water partition coefficient (Wildman–Crippen LogP) is 3.31. The van der Waals surface area contributed by atoms with E-state index < -0.39 is 17.9 Å². The molecule has 3 amide bonds. The van der Waals surface area contributed by atoms with E-state index in [1.165, 1.54) is 0 Å². The summed E-state index contributed by atoms with van der Waals surface area (Å²) in [5.41, 5.74) is 3.63. The zero-order valence-electron chi connectivity index (χ0n) is 16.5. The van der Waals surface area contributed by atoms with Crippen LogP contribution in [0.4, 0.5) is 5.69 Å². The molecule has 6 heteroatoms. The molecule has 0 unspecified atom stereocenters. The van der Waals surface area contributed by atoms with Crippen molar-refractivity contribution in [3.63, 3.8) is 0 Å². The van der Waals surface area contributed by atoms with E-state index in [2.05, 4.69) is 6.07 Å². The molecule has 31 heavy (non-hydrogen) atoms. The molecule has 0 fully saturated rings. The third kappa shape index (κ3) is 2.99. The Balaban J connectivity index is 1.60. The van der Waals surface area contributed by atoms with Crippen molar-refractivity contribution in [2.45, 2.75) is 19.0 Å². The number of nitriles is 1. The van der Waals surface area contributed by atoms with Gasteiger partial charge in [-0.2, -0.15) is 5.26 Å². The SMILES string of the molecule is N#Cc1ccc(N2Cc3ccccc3C[C@H](N3C(=O)c4ccccc4C3=O)C2=O)cc1. The van der Waals surface area contributed by atoms with Crippen molar-refractivity contribution in [2.24, 2.45) is 0 Å². The Labute approximate surface area is 178 Å². The highest BCUT2D eigenvalue weighted by molar-refractivity contribution is 6.23. The van der Waals surface area contributed by atoms with Crippen LogP contribution >= 0.6 is 0 Å². The van der Waals surface area contributed by atoms with Crippen molar-refractivity contribution >= 4 is 23.4 Å². The Morgan fingerprint density at radius 3 is 1.97 bits per heavy atom. The van der Waals surface area contributed by atoms with Crippen LogP contribution in [0, 0.1) is 11.3 Å². The van der Waals surface area contributed by atoms with E-state index in [9.17, 15) is 14.4 Å². The molecule has 6 nitrogen and oxygen atoms in total. The molecule has 150 valence electrons. The highest BCUT2D eigenvalue weighted by Crippen LogP contribution is 2.31. The van der Waals surface area contributed by atoms with Crippen LogP contribution in [0.5, 0.6) is 0 Å². The van der Waals surface area contributed by atoms with Crippen LogP contribution in [0.2, 0.25) is 0 Å². The zero-order chi connectivity index (χ0) is 21.5. The summed E-state index contributed by atoms with van der Waals surface area (Å²) < 4.78 is 0. The molecule has 2 aliphatic rings. The number of hydrogen-bond donors (Lipinski definition) is 0. The minimum Gasteiger partial charge on any atom is -0.306 e. The maximum absolute atomic E-state index is 13.7. The van der Waals surface area contributed by atoms with E-state index >= 15 is 0 Å². The lowest BCUT2D eigenvalue weighted by Crippen LogP contribution is -2.51. The second kappa shape index (κ2) is 7.22. The minimum atomic E-state index is -0.952. The number of rotatable bonds is 2. The van der Waals surface area contributed by atoms with Crippen molar-refractivity contribution < 1.29 is 14.4 Å². The average molecular weight is 407 g/mol. The molecule has 5 rings (SSSR count). The van der Waals surface area contributed by atoms with Crippen molar-refractivity contribution in [3.8, 4) is 6.07 Å². The van der Waals surface area contributed by atoms with Gasteiger partial charge in [0.05, 0.1) is 29.3 Å². The Kier molecular flexibility index (Phi) is 4.37. The van der Waals surface area contributed by atoms with E-state index in [0.717, 1.165) is 16.0 Å². The molecule has 0 saturated heterocycles. The number of hydrogen-bond acceptors (Lipinski definition) is 4. The van der Waals surface area contributed by atoms with Gasteiger partial charge in [-0.3, -0.25) is 19.3 Å². The normalized spacial score (nSPS) is 17.8. The molecule has 3 aromatic carbocycles. The molecule has 1 atom stereocenters. The van der Waals surface area contributed by atoms with Gasteiger partial charge in [0.1, 0.15) is 6.04 Å². The van der Waals surface area contributed by atoms with Gasteiger partial charge in [-0.15, -0.1) is 0 Å². The lowest BCUT2D eigenvalue weighted by Gasteiger charge is -2.29. The number of anilines is 1. The third-order valence-electron chi connectivity index (χ3n) is 5.86. The Morgan fingerprint density at radius 1 is 0.774 bits per heavy atom. The summed E-state index contributed by atoms with van der Waals surface area (Å²) in [4.78, 5) is 42.6. The van der Waals surface area contributed by atoms with Crippen molar-refractivity contribution in [2.75, 3.05) is 4.90 Å². The highest BCUT2D eigenvalue weighted by Gasteiger charge is 2.45. The molecule has 2 heterocycles. The number of fused-ring (bicyclic) bond motifs is 2. The van der Waals surface area contributed by atoms with Gasteiger partial charge in [-0.25, -0.2) is 0 Å². The fourth-order valence-corrected chi connectivity index (χ4v) is 4.26. The van der Waals surface area contributed by atoms with E-state index in [4.69, 9.17) is 5.26 Å². The number of nitrogens with zero attached hydrogens (tertiary/aromatic N) is 3. The first-order valence-electron chi connectivity index (χ1n) is 9.93. The largest absolute Gasteiger partial charge is 0.306 e. The van der Waals surface area contributed by atoms with Crippen LogP contribution in [0.15, 0.2) is 72.8 Å². The van der Waals surface area contributed by atoms with Gasteiger partial charge in [-0.1, -0.05) is 36.4 Å². The molecule has 0 bridgehead atoms. The summed E-state index contributed by atoms with van der Waals surface area (Å²) in [6, 6.07) is 22.2. The summed E-state index contributed by atoms with van der Waals surface area (Å²) in [6.07, 6.45) is 0.257. The fraction of sp³-hybridized carbons (Fsp3) is 0.120. The summed E-state index contributed by atoms with van der Waals surface area (Å²) in [5.74, 6) is -1.22. The number of amides is 3. The van der Waals surface area contributed by atoms with E-state index in [1.54, 1.807) is 53.4 Å². The molecule has 0 spiro atoms. The maximum atomic E-state index is 13.7. The fourth-order valence-electron chi connectivity index (χ4n) is 4.26. The standard InChI is InChI=1S/C25H17N3O3/c26-14-16-9-11-19(12-10-16)27-15-18-6-2-1-5-17(18)13-22(25(27)31)28-23(29)20-7-3-4-8-21(20)24(28)30/h1-12,22H,13,15H2/t22-/m0/s1. The summed E-state index contributed by atoms with van der Waals surface area (Å²) in [5, 5.41) is 9.08. The molecule has 0 aliphatic carbocycles. The lowest BCUT2D eigenvalue weighted by molar-refractivity contribution is -0.122. The van der Waals surface area contributed by atoms with Crippen molar-refractivity contribution in [1.29, 1.82) is 5.26 Å². The Morgan fingerprint density at radius 2 is 1.35 bits per heavy atom. The second-order valence-corrected chi connectivity index (χ2v) is 7.60. The second-order valence-electron chi connectivity index (χ2n) is 7.60. The molecular formula is C25H17N3O3. The molecule has 0 radical (unpaired) electrons. The van der Waals surface area contributed by atoms with Gasteiger partial charge in [0.25, 0.3) is 17.7 Å². The quantitative estimate of drug-likeness (QED) is 0.611. The number of imide groups is 1. The summed E-state index contributed by atoms with van der Waals surface area (Å²) in [7, 11) is 0. The van der Waals surface area contributed by atoms with Crippen LogP contribution in [-0.4, -0.2) is 28.7 Å². The molecular weight excluding hydrogens is 390 g/mol. The first kappa shape index (κ1) is 18.8. The Bertz CT molecular complexity index is 1240.